The molecule has 0 N–H and O–H groups in total. The predicted molar refractivity (Wildman–Crippen MR) is 61.5 cm³/mol. The van der Waals surface area contributed by atoms with Gasteiger partial charge in [-0.3, -0.25) is 0 Å². The van der Waals surface area contributed by atoms with Gasteiger partial charge in [-0.05, 0) is 44.2 Å². The van der Waals surface area contributed by atoms with Gasteiger partial charge >= 0.3 is 0 Å². The number of hydrogen-bond donors (Lipinski definition) is 0. The minimum Gasteiger partial charge on any atom is -0.303 e. The third kappa shape index (κ3) is 2.73. The lowest BCUT2D eigenvalue weighted by Gasteiger charge is -2.39. The molecule has 0 radical (unpaired) electrons. The van der Waals surface area contributed by atoms with Crippen LogP contribution in [0, 0.1) is 5.41 Å². The second kappa shape index (κ2) is 4.65. The average molecular weight is 195 g/mol. The largest absolute Gasteiger partial charge is 0.303 e. The summed E-state index contributed by atoms with van der Waals surface area (Å²) in [5.74, 6) is 0. The molecule has 0 unspecified atom stereocenters. The van der Waals surface area contributed by atoms with E-state index < -0.39 is 0 Å². The van der Waals surface area contributed by atoms with E-state index in [-0.39, 0.29) is 0 Å². The van der Waals surface area contributed by atoms with E-state index in [4.69, 9.17) is 0 Å². The van der Waals surface area contributed by atoms with Gasteiger partial charge in [-0.1, -0.05) is 32.6 Å². The van der Waals surface area contributed by atoms with Crippen molar-refractivity contribution < 1.29 is 0 Å². The SMILES string of the molecule is CC1(CN2CCCCC2)CCCCC1. The van der Waals surface area contributed by atoms with Crippen LogP contribution in [0.1, 0.15) is 58.3 Å². The quantitative estimate of drug-likeness (QED) is 0.652. The maximum absolute atomic E-state index is 2.72. The standard InChI is InChI=1S/C13H25N/c1-13(8-4-2-5-9-13)12-14-10-6-3-7-11-14/h2-12H2,1H3. The molecule has 0 aromatic rings. The van der Waals surface area contributed by atoms with E-state index in [9.17, 15) is 0 Å². The highest BCUT2D eigenvalue weighted by atomic mass is 15.1. The number of rotatable bonds is 2. The molecule has 1 heteroatoms. The molecule has 0 aromatic heterocycles. The maximum Gasteiger partial charge on any atom is 0.00353 e. The Morgan fingerprint density at radius 2 is 1.43 bits per heavy atom. The summed E-state index contributed by atoms with van der Waals surface area (Å²) in [6.45, 7) is 6.64. The van der Waals surface area contributed by atoms with Crippen LogP contribution in [0.25, 0.3) is 0 Å². The van der Waals surface area contributed by atoms with Crippen molar-refractivity contribution in [3.63, 3.8) is 0 Å². The van der Waals surface area contributed by atoms with E-state index in [0.29, 0.717) is 5.41 Å². The van der Waals surface area contributed by atoms with Gasteiger partial charge < -0.3 is 4.90 Å². The minimum atomic E-state index is 0.662. The zero-order chi connectivity index (χ0) is 9.86. The summed E-state index contributed by atoms with van der Waals surface area (Å²) in [5.41, 5.74) is 0.662. The number of hydrogen-bond acceptors (Lipinski definition) is 1. The Bertz CT molecular complexity index is 164. The first-order valence-corrected chi connectivity index (χ1v) is 6.51. The molecule has 0 atom stereocenters. The van der Waals surface area contributed by atoms with Crippen LogP contribution >= 0.6 is 0 Å². The van der Waals surface area contributed by atoms with Crippen molar-refractivity contribution in [1.29, 1.82) is 0 Å². The Kier molecular flexibility index (Phi) is 3.48. The van der Waals surface area contributed by atoms with Crippen LogP contribution in [-0.4, -0.2) is 24.5 Å². The molecule has 0 bridgehead atoms. The van der Waals surface area contributed by atoms with Gasteiger partial charge in [0.2, 0.25) is 0 Å². The first kappa shape index (κ1) is 10.5. The first-order chi connectivity index (χ1) is 6.79. The molecule has 14 heavy (non-hydrogen) atoms. The summed E-state index contributed by atoms with van der Waals surface area (Å²) in [4.78, 5) is 2.72. The van der Waals surface area contributed by atoms with E-state index in [2.05, 4.69) is 11.8 Å². The van der Waals surface area contributed by atoms with Gasteiger partial charge in [0.15, 0.2) is 0 Å². The summed E-state index contributed by atoms with van der Waals surface area (Å²) < 4.78 is 0. The summed E-state index contributed by atoms with van der Waals surface area (Å²) in [6.07, 6.45) is 11.7. The lowest BCUT2D eigenvalue weighted by atomic mass is 9.75. The Morgan fingerprint density at radius 1 is 0.857 bits per heavy atom. The monoisotopic (exact) mass is 195 g/mol. The molecule has 1 heterocycles. The molecule has 1 saturated carbocycles. The van der Waals surface area contributed by atoms with E-state index in [1.54, 1.807) is 0 Å². The zero-order valence-electron chi connectivity index (χ0n) is 9.73. The van der Waals surface area contributed by atoms with E-state index in [1.165, 1.54) is 71.0 Å². The average Bonchev–Trinajstić information content (AvgIpc) is 2.19. The van der Waals surface area contributed by atoms with Crippen molar-refractivity contribution >= 4 is 0 Å². The Labute approximate surface area is 88.9 Å². The third-order valence-corrected chi connectivity index (χ3v) is 4.11. The van der Waals surface area contributed by atoms with Crippen LogP contribution in [0.5, 0.6) is 0 Å². The molecular weight excluding hydrogens is 170 g/mol. The van der Waals surface area contributed by atoms with Crippen LogP contribution in [-0.2, 0) is 0 Å². The first-order valence-electron chi connectivity index (χ1n) is 6.51. The lowest BCUT2D eigenvalue weighted by molar-refractivity contribution is 0.106. The molecule has 1 aliphatic carbocycles. The van der Waals surface area contributed by atoms with Crippen molar-refractivity contribution in [3.8, 4) is 0 Å². The highest BCUT2D eigenvalue weighted by Gasteiger charge is 2.29. The van der Waals surface area contributed by atoms with Gasteiger partial charge in [0.05, 0.1) is 0 Å². The molecule has 2 aliphatic rings. The molecular formula is C13H25N. The van der Waals surface area contributed by atoms with Crippen molar-refractivity contribution in [3.05, 3.63) is 0 Å². The molecule has 0 spiro atoms. The van der Waals surface area contributed by atoms with E-state index >= 15 is 0 Å². The normalized spacial score (nSPS) is 28.9. The molecule has 1 saturated heterocycles. The van der Waals surface area contributed by atoms with Crippen LogP contribution < -0.4 is 0 Å². The zero-order valence-corrected chi connectivity index (χ0v) is 9.73. The molecule has 1 aliphatic heterocycles. The Morgan fingerprint density at radius 3 is 2.07 bits per heavy atom. The van der Waals surface area contributed by atoms with Gasteiger partial charge in [-0.15, -0.1) is 0 Å². The summed E-state index contributed by atoms with van der Waals surface area (Å²) in [6, 6.07) is 0. The van der Waals surface area contributed by atoms with E-state index in [1.807, 2.05) is 0 Å². The van der Waals surface area contributed by atoms with Crippen molar-refractivity contribution in [2.24, 2.45) is 5.41 Å². The summed E-state index contributed by atoms with van der Waals surface area (Å²) >= 11 is 0. The number of nitrogens with zero attached hydrogens (tertiary/aromatic N) is 1. The molecule has 82 valence electrons. The van der Waals surface area contributed by atoms with Crippen LogP contribution in [0.15, 0.2) is 0 Å². The van der Waals surface area contributed by atoms with Crippen molar-refractivity contribution in [2.75, 3.05) is 19.6 Å². The fourth-order valence-corrected chi connectivity index (χ4v) is 3.22. The highest BCUT2D eigenvalue weighted by Crippen LogP contribution is 2.36. The lowest BCUT2D eigenvalue weighted by Crippen LogP contribution is -2.40. The topological polar surface area (TPSA) is 3.24 Å². The van der Waals surface area contributed by atoms with Crippen molar-refractivity contribution in [1.82, 2.24) is 4.90 Å². The third-order valence-electron chi connectivity index (χ3n) is 4.11. The molecule has 0 aromatic carbocycles. The predicted octanol–water partition coefficient (Wildman–Crippen LogP) is 3.44. The summed E-state index contributed by atoms with van der Waals surface area (Å²) in [5, 5.41) is 0. The van der Waals surface area contributed by atoms with E-state index in [0.717, 1.165) is 0 Å². The molecule has 2 rings (SSSR count). The van der Waals surface area contributed by atoms with Crippen LogP contribution in [0.3, 0.4) is 0 Å². The smallest absolute Gasteiger partial charge is 0.00353 e. The molecule has 2 fully saturated rings. The maximum atomic E-state index is 2.72. The number of piperidine rings is 1. The fraction of sp³-hybridized carbons (Fsp3) is 1.00. The second-order valence-corrected chi connectivity index (χ2v) is 5.71. The van der Waals surface area contributed by atoms with Gasteiger partial charge in [0, 0.05) is 6.54 Å². The van der Waals surface area contributed by atoms with Gasteiger partial charge in [0.25, 0.3) is 0 Å². The van der Waals surface area contributed by atoms with Gasteiger partial charge in [-0.2, -0.15) is 0 Å². The summed E-state index contributed by atoms with van der Waals surface area (Å²) in [7, 11) is 0. The van der Waals surface area contributed by atoms with Crippen molar-refractivity contribution in [2.45, 2.75) is 58.3 Å². The Balaban J connectivity index is 1.81. The number of likely N-dealkylation sites (tertiary alicyclic amines) is 1. The van der Waals surface area contributed by atoms with Gasteiger partial charge in [0.1, 0.15) is 0 Å². The second-order valence-electron chi connectivity index (χ2n) is 5.71. The Hall–Kier alpha value is -0.0400. The highest BCUT2D eigenvalue weighted by molar-refractivity contribution is 4.82. The van der Waals surface area contributed by atoms with Crippen LogP contribution in [0.4, 0.5) is 0 Å². The van der Waals surface area contributed by atoms with Crippen LogP contribution in [0.2, 0.25) is 0 Å². The molecule has 0 amide bonds. The molecule has 1 nitrogen and oxygen atoms in total. The fourth-order valence-electron chi connectivity index (χ4n) is 3.22. The minimum absolute atomic E-state index is 0.662. The van der Waals surface area contributed by atoms with Gasteiger partial charge in [-0.25, -0.2) is 0 Å².